The molecule has 1 atom stereocenters. The van der Waals surface area contributed by atoms with Crippen molar-refractivity contribution in [2.75, 3.05) is 0 Å². The van der Waals surface area contributed by atoms with Gasteiger partial charge in [-0.05, 0) is 46.6 Å². The molecule has 2 rings (SSSR count). The number of hydrogen-bond donors (Lipinski definition) is 1. The van der Waals surface area contributed by atoms with Crippen molar-refractivity contribution in [2.45, 2.75) is 19.4 Å². The first-order valence-electron chi connectivity index (χ1n) is 5.08. The highest BCUT2D eigenvalue weighted by Crippen LogP contribution is 2.26. The summed E-state index contributed by atoms with van der Waals surface area (Å²) in [4.78, 5) is 5.63. The Balaban J connectivity index is 2.14. The molecule has 2 aromatic rings. The quantitative estimate of drug-likeness (QED) is 0.942. The number of rotatable bonds is 3. The average Bonchev–Trinajstić information content (AvgIpc) is 2.64. The van der Waals surface area contributed by atoms with Crippen molar-refractivity contribution in [2.24, 2.45) is 5.73 Å². The first-order valence-corrected chi connectivity index (χ1v) is 6.69. The molecule has 2 heterocycles. The third kappa shape index (κ3) is 2.70. The van der Waals surface area contributed by atoms with E-state index in [0.717, 1.165) is 21.5 Å². The fourth-order valence-electron chi connectivity index (χ4n) is 1.66. The van der Waals surface area contributed by atoms with E-state index in [1.165, 1.54) is 4.88 Å². The fraction of sp³-hybridized carbons (Fsp3) is 0.250. The van der Waals surface area contributed by atoms with Gasteiger partial charge in [-0.25, -0.2) is 0 Å². The number of hydrogen-bond acceptors (Lipinski definition) is 3. The molecule has 0 radical (unpaired) electrons. The summed E-state index contributed by atoms with van der Waals surface area (Å²) >= 11 is 5.18. The molecule has 0 saturated heterocycles. The Hall–Kier alpha value is -0.710. The zero-order chi connectivity index (χ0) is 11.5. The summed E-state index contributed by atoms with van der Waals surface area (Å²) in [6.45, 7) is 2.05. The summed E-state index contributed by atoms with van der Waals surface area (Å²) in [5, 5.41) is 0. The van der Waals surface area contributed by atoms with Crippen LogP contribution in [0, 0.1) is 6.92 Å². The van der Waals surface area contributed by atoms with Crippen LogP contribution in [0.1, 0.15) is 22.2 Å². The number of aryl methyl sites for hydroxylation is 1. The maximum Gasteiger partial charge on any atom is 0.0701 e. The van der Waals surface area contributed by atoms with Crippen LogP contribution in [0.15, 0.2) is 34.2 Å². The number of nitrogens with zero attached hydrogens (tertiary/aromatic N) is 1. The van der Waals surface area contributed by atoms with Gasteiger partial charge in [-0.15, -0.1) is 11.3 Å². The average molecular weight is 297 g/mol. The third-order valence-electron chi connectivity index (χ3n) is 2.45. The molecule has 2 aromatic heterocycles. The maximum absolute atomic E-state index is 6.17. The lowest BCUT2D eigenvalue weighted by Gasteiger charge is -2.12. The van der Waals surface area contributed by atoms with Gasteiger partial charge in [-0.3, -0.25) is 4.98 Å². The lowest BCUT2D eigenvalue weighted by molar-refractivity contribution is 0.697. The minimum atomic E-state index is -0.0215. The first-order chi connectivity index (χ1) is 7.66. The highest BCUT2D eigenvalue weighted by Gasteiger charge is 2.11. The van der Waals surface area contributed by atoms with Crippen molar-refractivity contribution < 1.29 is 0 Å². The van der Waals surface area contributed by atoms with Gasteiger partial charge in [0.25, 0.3) is 0 Å². The number of pyridine rings is 1. The molecule has 2 N–H and O–H groups in total. The molecular weight excluding hydrogens is 284 g/mol. The minimum Gasteiger partial charge on any atom is -0.322 e. The molecule has 0 amide bonds. The van der Waals surface area contributed by atoms with Crippen LogP contribution >= 0.6 is 27.3 Å². The smallest absolute Gasteiger partial charge is 0.0701 e. The second-order valence-corrected chi connectivity index (χ2v) is 6.27. The molecular formula is C12H13BrN2S. The molecule has 0 aromatic carbocycles. The van der Waals surface area contributed by atoms with Crippen LogP contribution < -0.4 is 5.73 Å². The van der Waals surface area contributed by atoms with Gasteiger partial charge in [-0.1, -0.05) is 6.07 Å². The molecule has 0 saturated carbocycles. The molecule has 0 aliphatic rings. The Morgan fingerprint density at radius 1 is 1.44 bits per heavy atom. The highest BCUT2D eigenvalue weighted by molar-refractivity contribution is 9.11. The standard InChI is InChI=1S/C12H13BrN2S/c1-8-3-2-6-15-12(8)10(14)7-9-4-5-11(13)16-9/h2-6,10H,7,14H2,1H3. The van der Waals surface area contributed by atoms with E-state index in [2.05, 4.69) is 33.0 Å². The van der Waals surface area contributed by atoms with Crippen LogP contribution in [0.4, 0.5) is 0 Å². The zero-order valence-corrected chi connectivity index (χ0v) is 11.4. The number of aromatic nitrogens is 1. The normalized spacial score (nSPS) is 12.7. The summed E-state index contributed by atoms with van der Waals surface area (Å²) in [6.07, 6.45) is 2.64. The number of halogens is 1. The van der Waals surface area contributed by atoms with E-state index in [1.54, 1.807) is 17.5 Å². The Morgan fingerprint density at radius 3 is 2.88 bits per heavy atom. The van der Waals surface area contributed by atoms with Crippen molar-refractivity contribution in [1.82, 2.24) is 4.98 Å². The SMILES string of the molecule is Cc1cccnc1C(N)Cc1ccc(Br)s1. The van der Waals surface area contributed by atoms with Gasteiger partial charge in [0.15, 0.2) is 0 Å². The fourth-order valence-corrected chi connectivity index (χ4v) is 3.20. The van der Waals surface area contributed by atoms with Gasteiger partial charge in [0, 0.05) is 17.5 Å². The molecule has 84 valence electrons. The first kappa shape index (κ1) is 11.8. The van der Waals surface area contributed by atoms with Crippen molar-refractivity contribution >= 4 is 27.3 Å². The lowest BCUT2D eigenvalue weighted by Crippen LogP contribution is -2.15. The zero-order valence-electron chi connectivity index (χ0n) is 8.98. The Morgan fingerprint density at radius 2 is 2.25 bits per heavy atom. The monoisotopic (exact) mass is 296 g/mol. The molecule has 0 bridgehead atoms. The van der Waals surface area contributed by atoms with Gasteiger partial charge in [0.1, 0.15) is 0 Å². The van der Waals surface area contributed by atoms with Gasteiger partial charge in [0.2, 0.25) is 0 Å². The summed E-state index contributed by atoms with van der Waals surface area (Å²) in [5.41, 5.74) is 8.32. The van der Waals surface area contributed by atoms with Crippen LogP contribution in [0.2, 0.25) is 0 Å². The summed E-state index contributed by atoms with van der Waals surface area (Å²) in [7, 11) is 0. The Kier molecular flexibility index (Phi) is 3.74. The molecule has 0 fully saturated rings. The van der Waals surface area contributed by atoms with E-state index in [9.17, 15) is 0 Å². The molecule has 0 aliphatic carbocycles. The predicted octanol–water partition coefficient (Wildman–Crippen LogP) is 3.46. The van der Waals surface area contributed by atoms with E-state index < -0.39 is 0 Å². The van der Waals surface area contributed by atoms with Crippen LogP contribution in [-0.4, -0.2) is 4.98 Å². The minimum absolute atomic E-state index is 0.0215. The van der Waals surface area contributed by atoms with E-state index >= 15 is 0 Å². The van der Waals surface area contributed by atoms with Gasteiger partial charge < -0.3 is 5.73 Å². The van der Waals surface area contributed by atoms with Crippen molar-refractivity contribution in [3.8, 4) is 0 Å². The lowest BCUT2D eigenvalue weighted by atomic mass is 10.1. The van der Waals surface area contributed by atoms with Gasteiger partial charge in [0.05, 0.1) is 15.5 Å². The van der Waals surface area contributed by atoms with Crippen molar-refractivity contribution in [1.29, 1.82) is 0 Å². The Bertz CT molecular complexity index is 481. The summed E-state index contributed by atoms with van der Waals surface area (Å²) < 4.78 is 1.15. The van der Waals surface area contributed by atoms with E-state index in [-0.39, 0.29) is 6.04 Å². The van der Waals surface area contributed by atoms with E-state index in [4.69, 9.17) is 5.73 Å². The van der Waals surface area contributed by atoms with Crippen LogP contribution in [-0.2, 0) is 6.42 Å². The molecule has 4 heteroatoms. The molecule has 16 heavy (non-hydrogen) atoms. The predicted molar refractivity (Wildman–Crippen MR) is 71.6 cm³/mol. The van der Waals surface area contributed by atoms with Crippen molar-refractivity contribution in [3.63, 3.8) is 0 Å². The topological polar surface area (TPSA) is 38.9 Å². The van der Waals surface area contributed by atoms with Crippen LogP contribution in [0.5, 0.6) is 0 Å². The number of nitrogens with two attached hydrogens (primary N) is 1. The van der Waals surface area contributed by atoms with Crippen molar-refractivity contribution in [3.05, 3.63) is 50.4 Å². The molecule has 0 aliphatic heterocycles. The Labute approximate surface area is 108 Å². The highest BCUT2D eigenvalue weighted by atomic mass is 79.9. The maximum atomic E-state index is 6.17. The summed E-state index contributed by atoms with van der Waals surface area (Å²) in [6, 6.07) is 8.12. The van der Waals surface area contributed by atoms with Crippen LogP contribution in [0.3, 0.4) is 0 Å². The largest absolute Gasteiger partial charge is 0.322 e. The summed E-state index contributed by atoms with van der Waals surface area (Å²) in [5.74, 6) is 0. The van der Waals surface area contributed by atoms with E-state index in [0.29, 0.717) is 0 Å². The second-order valence-electron chi connectivity index (χ2n) is 3.72. The number of thiophene rings is 1. The van der Waals surface area contributed by atoms with Gasteiger partial charge in [-0.2, -0.15) is 0 Å². The molecule has 2 nitrogen and oxygen atoms in total. The molecule has 1 unspecified atom stereocenters. The third-order valence-corrected chi connectivity index (χ3v) is 4.10. The van der Waals surface area contributed by atoms with E-state index in [1.807, 2.05) is 19.1 Å². The second kappa shape index (κ2) is 5.08. The van der Waals surface area contributed by atoms with Crippen LogP contribution in [0.25, 0.3) is 0 Å². The molecule has 0 spiro atoms. The van der Waals surface area contributed by atoms with Gasteiger partial charge >= 0.3 is 0 Å².